The van der Waals surface area contributed by atoms with Crippen molar-refractivity contribution in [2.45, 2.75) is 127 Å². The number of piperazine rings is 1. The third kappa shape index (κ3) is 8.81. The number of ether oxygens (including phenoxy) is 6. The molecule has 3 aromatic carbocycles. The fraction of sp³-hybridized carbons (Fsp3) is 0.509. The Labute approximate surface area is 421 Å². The van der Waals surface area contributed by atoms with E-state index < -0.39 is 17.5 Å². The third-order valence-electron chi connectivity index (χ3n) is 14.9. The Morgan fingerprint density at radius 2 is 1.57 bits per heavy atom. The molecule has 70 heavy (non-hydrogen) atoms. The lowest BCUT2D eigenvalue weighted by molar-refractivity contribution is -0.0101. The number of halogens is 3. The van der Waals surface area contributed by atoms with Crippen molar-refractivity contribution in [3.8, 4) is 34.6 Å². The van der Waals surface area contributed by atoms with Crippen molar-refractivity contribution in [2.75, 3.05) is 56.9 Å². The van der Waals surface area contributed by atoms with Crippen molar-refractivity contribution < 1.29 is 42.0 Å². The highest BCUT2D eigenvalue weighted by atomic mass is 127. The van der Waals surface area contributed by atoms with E-state index in [2.05, 4.69) is 32.4 Å². The molecule has 0 N–H and O–H groups in total. The summed E-state index contributed by atoms with van der Waals surface area (Å²) in [6.07, 6.45) is 4.17. The van der Waals surface area contributed by atoms with Gasteiger partial charge in [-0.25, -0.2) is 18.6 Å². The first kappa shape index (κ1) is 47.1. The number of rotatable bonds is 12. The number of carbonyl (C=O) groups excluding carboxylic acids is 1. The predicted octanol–water partition coefficient (Wildman–Crippen LogP) is 9.66. The number of amides is 1. The number of morpholine rings is 1. The average molecular weight is 1070 g/mol. The SMILES string of the molecule is COc1ccc(CN(Cc2ccc(OC)cc2)c2cc(-c3nc4c5c(nc(OC[C@@H]6CCC7COCCN76)nc5c3F)N3C[C@H]5CC[C@@H]([C@H]3[C@H](C)O4)N5C(=O)OC(C)(C)C)c(I)c(C3CC3)c2F)cc1. The van der Waals surface area contributed by atoms with Gasteiger partial charge in [0, 0.05) is 53.0 Å². The highest BCUT2D eigenvalue weighted by molar-refractivity contribution is 14.1. The Morgan fingerprint density at radius 3 is 2.23 bits per heavy atom. The highest BCUT2D eigenvalue weighted by Crippen LogP contribution is 2.51. The Kier molecular flexibility index (Phi) is 12.6. The maximum Gasteiger partial charge on any atom is 0.410 e. The zero-order valence-electron chi connectivity index (χ0n) is 40.6. The van der Waals surface area contributed by atoms with Gasteiger partial charge in [-0.15, -0.1) is 0 Å². The lowest BCUT2D eigenvalue weighted by Crippen LogP contribution is -2.65. The summed E-state index contributed by atoms with van der Waals surface area (Å²) in [7, 11) is 3.25. The summed E-state index contributed by atoms with van der Waals surface area (Å²) >= 11 is 2.18. The van der Waals surface area contributed by atoms with E-state index in [4.69, 9.17) is 43.4 Å². The molecule has 370 valence electrons. The number of benzene rings is 3. The monoisotopic (exact) mass is 1070 g/mol. The molecule has 4 saturated heterocycles. The van der Waals surface area contributed by atoms with Crippen LogP contribution in [-0.4, -0.2) is 120 Å². The minimum Gasteiger partial charge on any atom is -0.497 e. The molecule has 5 fully saturated rings. The smallest absolute Gasteiger partial charge is 0.410 e. The highest BCUT2D eigenvalue weighted by Gasteiger charge is 2.54. The van der Waals surface area contributed by atoms with Gasteiger partial charge < -0.3 is 38.2 Å². The first-order valence-corrected chi connectivity index (χ1v) is 25.7. The lowest BCUT2D eigenvalue weighted by atomic mass is 9.98. The molecule has 6 aliphatic rings. The normalized spacial score (nSPS) is 23.9. The van der Waals surface area contributed by atoms with Crippen molar-refractivity contribution in [1.82, 2.24) is 24.8 Å². The van der Waals surface area contributed by atoms with Crippen LogP contribution in [0.25, 0.3) is 22.2 Å². The van der Waals surface area contributed by atoms with Gasteiger partial charge in [-0.1, -0.05) is 24.3 Å². The van der Waals surface area contributed by atoms with Crippen molar-refractivity contribution in [3.63, 3.8) is 0 Å². The zero-order chi connectivity index (χ0) is 48.6. The summed E-state index contributed by atoms with van der Waals surface area (Å²) in [5, 5.41) is 0.336. The fourth-order valence-corrected chi connectivity index (χ4v) is 12.6. The zero-order valence-corrected chi connectivity index (χ0v) is 42.7. The predicted molar refractivity (Wildman–Crippen MR) is 269 cm³/mol. The van der Waals surface area contributed by atoms with Crippen LogP contribution in [0, 0.1) is 15.2 Å². The molecule has 17 heteroatoms. The Bertz CT molecular complexity index is 2750. The van der Waals surface area contributed by atoms with Gasteiger partial charge in [0.25, 0.3) is 0 Å². The van der Waals surface area contributed by atoms with Crippen LogP contribution in [0.3, 0.4) is 0 Å². The van der Waals surface area contributed by atoms with Gasteiger partial charge in [-0.3, -0.25) is 9.80 Å². The first-order chi connectivity index (χ1) is 33.8. The van der Waals surface area contributed by atoms with E-state index in [1.54, 1.807) is 20.3 Å². The molecular formula is C53H60F2IN7O7. The summed E-state index contributed by atoms with van der Waals surface area (Å²) in [4.78, 5) is 37.5. The average Bonchev–Trinajstić information content (AvgIpc) is 4.04. The summed E-state index contributed by atoms with van der Waals surface area (Å²) in [6, 6.07) is 16.9. The fourth-order valence-electron chi connectivity index (χ4n) is 11.5. The molecule has 6 atom stereocenters. The number of methoxy groups -OCH3 is 2. The van der Waals surface area contributed by atoms with Crippen LogP contribution in [0.5, 0.6) is 23.4 Å². The van der Waals surface area contributed by atoms with Crippen molar-refractivity contribution in [3.05, 3.63) is 86.5 Å². The van der Waals surface area contributed by atoms with Gasteiger partial charge in [-0.2, -0.15) is 9.97 Å². The molecule has 14 nitrogen and oxygen atoms in total. The third-order valence-corrected chi connectivity index (χ3v) is 16.1. The molecule has 0 spiro atoms. The number of fused-ring (bicyclic) bond motifs is 6. The molecule has 1 unspecified atom stereocenters. The van der Waals surface area contributed by atoms with Crippen LogP contribution in [0.1, 0.15) is 88.8 Å². The van der Waals surface area contributed by atoms with Crippen LogP contribution in [0.4, 0.5) is 25.1 Å². The van der Waals surface area contributed by atoms with Crippen molar-refractivity contribution in [1.29, 1.82) is 0 Å². The van der Waals surface area contributed by atoms with E-state index in [0.29, 0.717) is 88.6 Å². The lowest BCUT2D eigenvalue weighted by Gasteiger charge is -2.48. The van der Waals surface area contributed by atoms with Crippen LogP contribution >= 0.6 is 22.6 Å². The molecule has 2 aromatic heterocycles. The number of aromatic nitrogens is 3. The number of anilines is 2. The van der Waals surface area contributed by atoms with Gasteiger partial charge in [-0.05, 0) is 136 Å². The summed E-state index contributed by atoms with van der Waals surface area (Å²) in [5.74, 6) is 1.00. The van der Waals surface area contributed by atoms with Crippen LogP contribution < -0.4 is 28.7 Å². The number of hydrogen-bond acceptors (Lipinski definition) is 13. The van der Waals surface area contributed by atoms with Crippen molar-refractivity contribution >= 4 is 51.1 Å². The van der Waals surface area contributed by atoms with E-state index in [-0.39, 0.29) is 65.1 Å². The second-order valence-corrected chi connectivity index (χ2v) is 21.7. The standard InChI is InChI=1S/C53H60F2IN7O7/c1-29-48-39-20-15-33(63(39)52(64)70-53(2,3)4)26-62(48)49-42-47(58-51(59-49)68-28-35-14-13-34-27-67-22-21-61(34)35)44(55)46(57-50(42)69-29)38-23-40(43(54)41(45(38)56)32-11-12-32)60(24-30-7-16-36(65-5)17-8-30)25-31-9-18-37(66-6)19-10-31/h7-10,16-19,23,29,32-35,39,48H,11-15,20-22,24-28H2,1-6H3/t29-,33+,34?,35-,39-,48+/m0/s1. The molecule has 2 bridgehead atoms. The van der Waals surface area contributed by atoms with E-state index >= 15 is 8.78 Å². The Hall–Kier alpha value is -5.27. The maximum absolute atomic E-state index is 18.3. The first-order valence-electron chi connectivity index (χ1n) is 24.6. The number of hydrogen-bond donors (Lipinski definition) is 0. The summed E-state index contributed by atoms with van der Waals surface area (Å²) in [5.41, 5.74) is 2.50. The molecule has 1 saturated carbocycles. The Balaban J connectivity index is 1.05. The van der Waals surface area contributed by atoms with Gasteiger partial charge in [0.2, 0.25) is 5.88 Å². The molecule has 5 aromatic rings. The van der Waals surface area contributed by atoms with Crippen molar-refractivity contribution in [2.24, 2.45) is 0 Å². The second kappa shape index (κ2) is 18.7. The molecule has 11 rings (SSSR count). The van der Waals surface area contributed by atoms with E-state index in [9.17, 15) is 4.79 Å². The Morgan fingerprint density at radius 1 is 0.886 bits per heavy atom. The minimum absolute atomic E-state index is 0.00424. The maximum atomic E-state index is 18.3. The second-order valence-electron chi connectivity index (χ2n) is 20.6. The molecule has 7 heterocycles. The number of carbonyl (C=O) groups is 1. The van der Waals surface area contributed by atoms with Gasteiger partial charge in [0.05, 0.1) is 51.2 Å². The quantitative estimate of drug-likeness (QED) is 0.110. The largest absolute Gasteiger partial charge is 0.497 e. The van der Waals surface area contributed by atoms with Crippen LogP contribution in [0.15, 0.2) is 54.6 Å². The molecule has 1 amide bonds. The van der Waals surface area contributed by atoms with Gasteiger partial charge >= 0.3 is 12.1 Å². The van der Waals surface area contributed by atoms with E-state index in [0.717, 1.165) is 56.2 Å². The molecule has 1 aliphatic carbocycles. The number of pyridine rings is 1. The molecule has 5 aliphatic heterocycles. The van der Waals surface area contributed by atoms with E-state index in [1.165, 1.54) is 0 Å². The van der Waals surface area contributed by atoms with Gasteiger partial charge in [0.15, 0.2) is 11.6 Å². The topological polar surface area (TPSA) is 124 Å². The van der Waals surface area contributed by atoms with E-state index in [1.807, 2.05) is 86.0 Å². The van der Waals surface area contributed by atoms with Gasteiger partial charge in [0.1, 0.15) is 52.2 Å². The van der Waals surface area contributed by atoms with Crippen LogP contribution in [-0.2, 0) is 22.6 Å². The number of nitrogens with zero attached hydrogens (tertiary/aromatic N) is 7. The molecular weight excluding hydrogens is 1010 g/mol. The molecule has 0 radical (unpaired) electrons. The van der Waals surface area contributed by atoms with Crippen LogP contribution in [0.2, 0.25) is 0 Å². The summed E-state index contributed by atoms with van der Waals surface area (Å²) < 4.78 is 72.5. The minimum atomic E-state index is -0.682. The summed E-state index contributed by atoms with van der Waals surface area (Å²) in [6.45, 7) is 11.2.